The zero-order valence-electron chi connectivity index (χ0n) is 15.7. The topological polar surface area (TPSA) is 63.2 Å². The van der Waals surface area contributed by atoms with Gasteiger partial charge in [-0.2, -0.15) is 5.10 Å². The minimum absolute atomic E-state index is 0.136. The highest BCUT2D eigenvalue weighted by molar-refractivity contribution is 9.10. The van der Waals surface area contributed by atoms with Gasteiger partial charge in [-0.05, 0) is 65.7 Å². The van der Waals surface area contributed by atoms with E-state index in [2.05, 4.69) is 45.2 Å². The van der Waals surface area contributed by atoms with Gasteiger partial charge in [0.2, 0.25) is 0 Å². The van der Waals surface area contributed by atoms with Gasteiger partial charge in [0.25, 0.3) is 5.91 Å². The van der Waals surface area contributed by atoms with Gasteiger partial charge in [-0.25, -0.2) is 5.43 Å². The molecule has 0 aliphatic heterocycles. The number of benzene rings is 2. The van der Waals surface area contributed by atoms with Gasteiger partial charge in [0.15, 0.2) is 6.61 Å². The number of carbonyl (C=O) groups is 1. The average molecular weight is 434 g/mol. The van der Waals surface area contributed by atoms with E-state index in [9.17, 15) is 4.79 Å². The Labute approximate surface area is 168 Å². The van der Waals surface area contributed by atoms with Crippen LogP contribution in [0.1, 0.15) is 19.4 Å². The molecule has 0 heterocycles. The number of nitrogens with zero attached hydrogens (tertiary/aromatic N) is 2. The Morgan fingerprint density at radius 1 is 1.19 bits per heavy atom. The summed E-state index contributed by atoms with van der Waals surface area (Å²) in [5.74, 6) is 0.922. The lowest BCUT2D eigenvalue weighted by molar-refractivity contribution is -0.123. The lowest BCUT2D eigenvalue weighted by atomic mass is 10.2. The maximum Gasteiger partial charge on any atom is 0.277 e. The quantitative estimate of drug-likeness (QED) is 0.481. The van der Waals surface area contributed by atoms with Crippen molar-refractivity contribution in [2.75, 3.05) is 31.7 Å². The van der Waals surface area contributed by atoms with E-state index in [0.29, 0.717) is 16.0 Å². The first kappa shape index (κ1) is 20.8. The van der Waals surface area contributed by atoms with Gasteiger partial charge < -0.3 is 14.4 Å². The summed E-state index contributed by atoms with van der Waals surface area (Å²) in [4.78, 5) is 14.1. The summed E-state index contributed by atoms with van der Waals surface area (Å²) < 4.78 is 11.3. The van der Waals surface area contributed by atoms with Crippen LogP contribution in [0.5, 0.6) is 11.5 Å². The zero-order valence-corrected chi connectivity index (χ0v) is 17.3. The Balaban J connectivity index is 1.83. The van der Waals surface area contributed by atoms with Crippen LogP contribution in [-0.2, 0) is 4.79 Å². The van der Waals surface area contributed by atoms with E-state index < -0.39 is 0 Å². The molecule has 0 aliphatic carbocycles. The van der Waals surface area contributed by atoms with Crippen LogP contribution in [0.15, 0.2) is 52.0 Å². The number of nitrogens with one attached hydrogen (secondary N) is 1. The van der Waals surface area contributed by atoms with E-state index in [1.54, 1.807) is 31.5 Å². The van der Waals surface area contributed by atoms with Crippen molar-refractivity contribution in [1.82, 2.24) is 5.43 Å². The number of hydrogen-bond donors (Lipinski definition) is 1. The SMILES string of the molecule is CCN(CC)c1ccc(C=NNC(=O)COc2ccc(OC)cc2Br)cc1. The van der Waals surface area contributed by atoms with Gasteiger partial charge in [-0.15, -0.1) is 0 Å². The van der Waals surface area contributed by atoms with E-state index in [-0.39, 0.29) is 12.5 Å². The molecule has 0 fully saturated rings. The molecule has 6 nitrogen and oxygen atoms in total. The Kier molecular flexibility index (Phi) is 8.13. The summed E-state index contributed by atoms with van der Waals surface area (Å²) in [7, 11) is 1.59. The van der Waals surface area contributed by atoms with Gasteiger partial charge >= 0.3 is 0 Å². The van der Waals surface area contributed by atoms with E-state index in [4.69, 9.17) is 9.47 Å². The number of hydrazone groups is 1. The summed E-state index contributed by atoms with van der Waals surface area (Å²) in [5, 5.41) is 3.97. The second-order valence-electron chi connectivity index (χ2n) is 5.64. The highest BCUT2D eigenvalue weighted by atomic mass is 79.9. The Hall–Kier alpha value is -2.54. The maximum absolute atomic E-state index is 11.9. The van der Waals surface area contributed by atoms with Crippen molar-refractivity contribution in [2.24, 2.45) is 5.10 Å². The van der Waals surface area contributed by atoms with Gasteiger partial charge in [-0.1, -0.05) is 12.1 Å². The predicted octanol–water partition coefficient (Wildman–Crippen LogP) is 3.83. The van der Waals surface area contributed by atoms with Crippen molar-refractivity contribution in [2.45, 2.75) is 13.8 Å². The first-order chi connectivity index (χ1) is 13.1. The Morgan fingerprint density at radius 3 is 2.48 bits per heavy atom. The van der Waals surface area contributed by atoms with Crippen molar-refractivity contribution < 1.29 is 14.3 Å². The predicted molar refractivity (Wildman–Crippen MR) is 112 cm³/mol. The fraction of sp³-hybridized carbons (Fsp3) is 0.300. The third kappa shape index (κ3) is 6.29. The van der Waals surface area contributed by atoms with Crippen LogP contribution in [-0.4, -0.2) is 38.9 Å². The normalized spacial score (nSPS) is 10.7. The molecule has 2 aromatic carbocycles. The first-order valence-electron chi connectivity index (χ1n) is 8.70. The molecule has 0 saturated heterocycles. The molecule has 0 atom stereocenters. The number of methoxy groups -OCH3 is 1. The highest BCUT2D eigenvalue weighted by Crippen LogP contribution is 2.28. The van der Waals surface area contributed by atoms with Crippen LogP contribution in [0.25, 0.3) is 0 Å². The molecule has 0 spiro atoms. The van der Waals surface area contributed by atoms with Crippen LogP contribution in [0.3, 0.4) is 0 Å². The number of amides is 1. The monoisotopic (exact) mass is 433 g/mol. The first-order valence-corrected chi connectivity index (χ1v) is 9.49. The number of rotatable bonds is 9. The van der Waals surface area contributed by atoms with Gasteiger partial charge in [0.1, 0.15) is 11.5 Å². The van der Waals surface area contributed by atoms with Crippen molar-refractivity contribution in [1.29, 1.82) is 0 Å². The highest BCUT2D eigenvalue weighted by Gasteiger charge is 2.06. The van der Waals surface area contributed by atoms with E-state index in [1.165, 1.54) is 5.69 Å². The van der Waals surface area contributed by atoms with Crippen LogP contribution in [0, 0.1) is 0 Å². The molecule has 1 N–H and O–H groups in total. The summed E-state index contributed by atoms with van der Waals surface area (Å²) in [6, 6.07) is 13.3. The summed E-state index contributed by atoms with van der Waals surface area (Å²) >= 11 is 3.38. The van der Waals surface area contributed by atoms with Gasteiger partial charge in [-0.3, -0.25) is 4.79 Å². The van der Waals surface area contributed by atoms with Crippen LogP contribution >= 0.6 is 15.9 Å². The molecule has 2 rings (SSSR count). The minimum atomic E-state index is -0.339. The third-order valence-electron chi connectivity index (χ3n) is 3.92. The molecule has 27 heavy (non-hydrogen) atoms. The average Bonchev–Trinajstić information content (AvgIpc) is 2.69. The van der Waals surface area contributed by atoms with Crippen molar-refractivity contribution >= 4 is 33.7 Å². The van der Waals surface area contributed by atoms with Crippen molar-refractivity contribution in [3.63, 3.8) is 0 Å². The standard InChI is InChI=1S/C20H24BrN3O3/c1-4-24(5-2)16-8-6-15(7-9-16)13-22-23-20(25)14-27-19-11-10-17(26-3)12-18(19)21/h6-13H,4-5,14H2,1-3H3,(H,23,25). The minimum Gasteiger partial charge on any atom is -0.497 e. The molecular weight excluding hydrogens is 410 g/mol. The molecule has 0 unspecified atom stereocenters. The van der Waals surface area contributed by atoms with Crippen molar-refractivity contribution in [3.05, 3.63) is 52.5 Å². The molecule has 0 bridgehead atoms. The van der Waals surface area contributed by atoms with Gasteiger partial charge in [0, 0.05) is 18.8 Å². The number of halogens is 1. The van der Waals surface area contributed by atoms with Crippen LogP contribution < -0.4 is 19.8 Å². The second kappa shape index (κ2) is 10.6. The number of hydrogen-bond acceptors (Lipinski definition) is 5. The smallest absolute Gasteiger partial charge is 0.277 e. The largest absolute Gasteiger partial charge is 0.497 e. The molecule has 7 heteroatoms. The summed E-state index contributed by atoms with van der Waals surface area (Å²) in [6.07, 6.45) is 1.60. The molecule has 0 saturated carbocycles. The fourth-order valence-corrected chi connectivity index (χ4v) is 2.91. The summed E-state index contributed by atoms with van der Waals surface area (Å²) in [5.41, 5.74) is 4.53. The van der Waals surface area contributed by atoms with Crippen LogP contribution in [0.4, 0.5) is 5.69 Å². The lowest BCUT2D eigenvalue weighted by Gasteiger charge is -2.20. The Morgan fingerprint density at radius 2 is 1.89 bits per heavy atom. The maximum atomic E-state index is 11.9. The van der Waals surface area contributed by atoms with Crippen LogP contribution in [0.2, 0.25) is 0 Å². The number of anilines is 1. The molecule has 0 radical (unpaired) electrons. The third-order valence-corrected chi connectivity index (χ3v) is 4.54. The fourth-order valence-electron chi connectivity index (χ4n) is 2.44. The molecule has 2 aromatic rings. The van der Waals surface area contributed by atoms with E-state index in [0.717, 1.165) is 18.7 Å². The molecule has 0 aromatic heterocycles. The second-order valence-corrected chi connectivity index (χ2v) is 6.50. The zero-order chi connectivity index (χ0) is 19.6. The molecule has 1 amide bonds. The van der Waals surface area contributed by atoms with E-state index >= 15 is 0 Å². The number of carbonyl (C=O) groups excluding carboxylic acids is 1. The van der Waals surface area contributed by atoms with Gasteiger partial charge in [0.05, 0.1) is 17.8 Å². The molecule has 144 valence electrons. The molecular formula is C20H24BrN3O3. The number of ether oxygens (including phenoxy) is 2. The van der Waals surface area contributed by atoms with E-state index in [1.807, 2.05) is 24.3 Å². The summed E-state index contributed by atoms with van der Waals surface area (Å²) in [6.45, 7) is 6.04. The Bertz CT molecular complexity index is 775. The molecule has 0 aliphatic rings. The lowest BCUT2D eigenvalue weighted by Crippen LogP contribution is -2.24. The van der Waals surface area contributed by atoms with Crippen molar-refractivity contribution in [3.8, 4) is 11.5 Å².